The molecule has 4 nitrogen and oxygen atoms in total. The molecular weight excluding hydrogens is 298 g/mol. The number of ether oxygens (including phenoxy) is 2. The second-order valence-electron chi connectivity index (χ2n) is 7.50. The Hall–Kier alpha value is -0.260. The Morgan fingerprint density at radius 3 is 2.68 bits per heavy atom. The molecule has 3 aliphatic heterocycles. The van der Waals surface area contributed by atoms with Crippen LogP contribution in [0.4, 0.5) is 0 Å². The van der Waals surface area contributed by atoms with Crippen molar-refractivity contribution in [2.24, 2.45) is 11.8 Å². The van der Waals surface area contributed by atoms with Gasteiger partial charge in [-0.25, -0.2) is 0 Å². The molecule has 4 rings (SSSR count). The van der Waals surface area contributed by atoms with Crippen molar-refractivity contribution in [2.75, 3.05) is 37.8 Å². The smallest absolute Gasteiger partial charge is 0.225 e. The molecule has 0 aromatic carbocycles. The summed E-state index contributed by atoms with van der Waals surface area (Å²) in [7, 11) is 0. The number of nitrogens with zero attached hydrogens (tertiary/aromatic N) is 1. The fourth-order valence-corrected chi connectivity index (χ4v) is 5.02. The molecule has 0 bridgehead atoms. The molecular formula is C17H27NO3S. The Morgan fingerprint density at radius 2 is 1.95 bits per heavy atom. The molecule has 1 spiro atoms. The third kappa shape index (κ3) is 3.31. The molecule has 0 aromatic heterocycles. The van der Waals surface area contributed by atoms with Crippen LogP contribution in [0.2, 0.25) is 0 Å². The highest BCUT2D eigenvalue weighted by molar-refractivity contribution is 7.99. The van der Waals surface area contributed by atoms with E-state index in [2.05, 4.69) is 0 Å². The van der Waals surface area contributed by atoms with Gasteiger partial charge in [0.05, 0.1) is 19.2 Å². The normalized spacial score (nSPS) is 32.0. The number of hydrogen-bond acceptors (Lipinski definition) is 4. The van der Waals surface area contributed by atoms with Crippen LogP contribution in [-0.2, 0) is 14.3 Å². The number of thioether (sulfide) groups is 1. The average Bonchev–Trinajstić information content (AvgIpc) is 3.35. The first-order chi connectivity index (χ1) is 10.7. The highest BCUT2D eigenvalue weighted by atomic mass is 32.2. The van der Waals surface area contributed by atoms with E-state index in [4.69, 9.17) is 9.47 Å². The summed E-state index contributed by atoms with van der Waals surface area (Å²) in [6.45, 7) is 3.30. The van der Waals surface area contributed by atoms with Gasteiger partial charge in [0.2, 0.25) is 5.91 Å². The van der Waals surface area contributed by atoms with Crippen molar-refractivity contribution in [3.63, 3.8) is 0 Å². The molecule has 22 heavy (non-hydrogen) atoms. The standard InChI is InChI=1S/C17H27NO3S/c19-16(14-4-7-22-8-5-14)18-11-17(12-18)9-15(3-6-21-17)20-10-13-1-2-13/h13-15H,1-12H2. The van der Waals surface area contributed by atoms with E-state index in [1.54, 1.807) is 0 Å². The number of rotatable bonds is 4. The van der Waals surface area contributed by atoms with Gasteiger partial charge in [-0.05, 0) is 49.5 Å². The van der Waals surface area contributed by atoms with Crippen LogP contribution in [0.15, 0.2) is 0 Å². The largest absolute Gasteiger partial charge is 0.378 e. The van der Waals surface area contributed by atoms with Crippen LogP contribution >= 0.6 is 11.8 Å². The maximum absolute atomic E-state index is 12.5. The van der Waals surface area contributed by atoms with E-state index >= 15 is 0 Å². The number of amides is 1. The van der Waals surface area contributed by atoms with E-state index < -0.39 is 0 Å². The van der Waals surface area contributed by atoms with Gasteiger partial charge >= 0.3 is 0 Å². The van der Waals surface area contributed by atoms with Gasteiger partial charge in [-0.1, -0.05) is 0 Å². The Morgan fingerprint density at radius 1 is 1.18 bits per heavy atom. The predicted molar refractivity (Wildman–Crippen MR) is 87.0 cm³/mol. The molecule has 1 unspecified atom stereocenters. The van der Waals surface area contributed by atoms with Crippen molar-refractivity contribution in [2.45, 2.75) is 50.2 Å². The van der Waals surface area contributed by atoms with Gasteiger partial charge in [-0.3, -0.25) is 4.79 Å². The lowest BCUT2D eigenvalue weighted by atomic mass is 9.83. The SMILES string of the molecule is O=C(C1CCSCC1)N1CC2(CC(OCC3CC3)CCO2)C1. The van der Waals surface area contributed by atoms with Crippen LogP contribution in [0.3, 0.4) is 0 Å². The third-order valence-electron chi connectivity index (χ3n) is 5.55. The van der Waals surface area contributed by atoms with Crippen molar-refractivity contribution < 1.29 is 14.3 Å². The molecule has 5 heteroatoms. The van der Waals surface area contributed by atoms with Gasteiger partial charge in [-0.15, -0.1) is 0 Å². The van der Waals surface area contributed by atoms with Crippen LogP contribution in [-0.4, -0.2) is 60.3 Å². The number of likely N-dealkylation sites (tertiary alicyclic amines) is 1. The minimum Gasteiger partial charge on any atom is -0.378 e. The van der Waals surface area contributed by atoms with Gasteiger partial charge in [0.15, 0.2) is 0 Å². The average molecular weight is 325 g/mol. The topological polar surface area (TPSA) is 38.8 Å². The Labute approximate surface area is 137 Å². The van der Waals surface area contributed by atoms with Gasteiger partial charge in [0.25, 0.3) is 0 Å². The molecule has 1 amide bonds. The lowest BCUT2D eigenvalue weighted by Crippen LogP contribution is -2.68. The molecule has 4 aliphatic rings. The lowest BCUT2D eigenvalue weighted by Gasteiger charge is -2.53. The fourth-order valence-electron chi connectivity index (χ4n) is 3.91. The summed E-state index contributed by atoms with van der Waals surface area (Å²) in [6.07, 6.45) is 7.14. The summed E-state index contributed by atoms with van der Waals surface area (Å²) >= 11 is 1.98. The first-order valence-corrected chi connectivity index (χ1v) is 10.0. The molecule has 1 atom stereocenters. The predicted octanol–water partition coefficient (Wildman–Crippen LogP) is 2.32. The molecule has 124 valence electrons. The van der Waals surface area contributed by atoms with Gasteiger partial charge < -0.3 is 14.4 Å². The second-order valence-corrected chi connectivity index (χ2v) is 8.73. The molecule has 3 heterocycles. The summed E-state index contributed by atoms with van der Waals surface area (Å²) < 4.78 is 12.1. The van der Waals surface area contributed by atoms with Crippen molar-refractivity contribution >= 4 is 17.7 Å². The van der Waals surface area contributed by atoms with E-state index in [1.165, 1.54) is 12.8 Å². The van der Waals surface area contributed by atoms with Crippen LogP contribution in [0.25, 0.3) is 0 Å². The van der Waals surface area contributed by atoms with Crippen molar-refractivity contribution in [1.29, 1.82) is 0 Å². The van der Waals surface area contributed by atoms with Crippen molar-refractivity contribution in [1.82, 2.24) is 4.90 Å². The van der Waals surface area contributed by atoms with E-state index in [0.29, 0.717) is 12.0 Å². The molecule has 0 radical (unpaired) electrons. The quantitative estimate of drug-likeness (QED) is 0.795. The molecule has 0 aromatic rings. The zero-order valence-corrected chi connectivity index (χ0v) is 14.1. The monoisotopic (exact) mass is 325 g/mol. The number of carbonyl (C=O) groups excluding carboxylic acids is 1. The number of hydrogen-bond donors (Lipinski definition) is 0. The van der Waals surface area contributed by atoms with Crippen LogP contribution < -0.4 is 0 Å². The van der Waals surface area contributed by atoms with E-state index in [0.717, 1.165) is 69.4 Å². The first kappa shape index (κ1) is 15.3. The summed E-state index contributed by atoms with van der Waals surface area (Å²) in [4.78, 5) is 14.6. The minimum atomic E-state index is -0.0917. The van der Waals surface area contributed by atoms with Crippen LogP contribution in [0, 0.1) is 11.8 Å². The Bertz CT molecular complexity index is 414. The van der Waals surface area contributed by atoms with E-state index in [9.17, 15) is 4.79 Å². The summed E-state index contributed by atoms with van der Waals surface area (Å²) in [5.74, 6) is 3.74. The molecule has 4 fully saturated rings. The van der Waals surface area contributed by atoms with Crippen molar-refractivity contribution in [3.05, 3.63) is 0 Å². The zero-order chi connectivity index (χ0) is 15.0. The molecule has 1 aliphatic carbocycles. The van der Waals surface area contributed by atoms with E-state index in [1.807, 2.05) is 16.7 Å². The first-order valence-electron chi connectivity index (χ1n) is 8.86. The zero-order valence-electron chi connectivity index (χ0n) is 13.3. The Kier molecular flexibility index (Phi) is 4.39. The van der Waals surface area contributed by atoms with Gasteiger partial charge in [-0.2, -0.15) is 11.8 Å². The Balaban J connectivity index is 1.26. The van der Waals surface area contributed by atoms with Crippen LogP contribution in [0.5, 0.6) is 0 Å². The van der Waals surface area contributed by atoms with Crippen LogP contribution in [0.1, 0.15) is 38.5 Å². The summed E-state index contributed by atoms with van der Waals surface area (Å²) in [5, 5.41) is 0. The molecule has 3 saturated heterocycles. The van der Waals surface area contributed by atoms with E-state index in [-0.39, 0.29) is 11.5 Å². The molecule has 0 N–H and O–H groups in total. The maximum atomic E-state index is 12.5. The minimum absolute atomic E-state index is 0.0917. The lowest BCUT2D eigenvalue weighted by molar-refractivity contribution is -0.203. The third-order valence-corrected chi connectivity index (χ3v) is 6.60. The number of carbonyl (C=O) groups is 1. The van der Waals surface area contributed by atoms with Gasteiger partial charge in [0.1, 0.15) is 5.60 Å². The van der Waals surface area contributed by atoms with Gasteiger partial charge in [0, 0.05) is 25.6 Å². The highest BCUT2D eigenvalue weighted by Gasteiger charge is 2.50. The molecule has 1 saturated carbocycles. The second kappa shape index (κ2) is 6.33. The summed E-state index contributed by atoms with van der Waals surface area (Å²) in [5.41, 5.74) is -0.0917. The summed E-state index contributed by atoms with van der Waals surface area (Å²) in [6, 6.07) is 0. The van der Waals surface area contributed by atoms with Crippen molar-refractivity contribution in [3.8, 4) is 0 Å². The maximum Gasteiger partial charge on any atom is 0.225 e. The highest BCUT2D eigenvalue weighted by Crippen LogP contribution is 2.38. The fraction of sp³-hybridized carbons (Fsp3) is 0.941.